The van der Waals surface area contributed by atoms with Crippen LogP contribution in [0, 0.1) is 0 Å². The van der Waals surface area contributed by atoms with Gasteiger partial charge in [-0.05, 0) is 12.1 Å². The summed E-state index contributed by atoms with van der Waals surface area (Å²) >= 11 is 0. The second kappa shape index (κ2) is 5.87. The van der Waals surface area contributed by atoms with Gasteiger partial charge in [-0.15, -0.1) is 0 Å². The summed E-state index contributed by atoms with van der Waals surface area (Å²) in [7, 11) is 0. The number of carbonyl (C=O) groups is 2. The molecule has 1 rings (SSSR count). The Balaban J connectivity index is 2.85. The molecule has 0 aromatic heterocycles. The van der Waals surface area contributed by atoms with E-state index in [1.165, 1.54) is 13.0 Å². The zero-order valence-electron chi connectivity index (χ0n) is 8.90. The fourth-order valence-electron chi connectivity index (χ4n) is 1.16. The standard InChI is InChI=1S/C11H13NO4/c1-8(14)16-10-5-3-2-4-9(10)11(15)12-6-7-13/h2-5,13H,6-7H2,1H3,(H,12,15). The molecule has 0 aliphatic carbocycles. The lowest BCUT2D eigenvalue weighted by Crippen LogP contribution is -2.27. The first kappa shape index (κ1) is 12.2. The van der Waals surface area contributed by atoms with E-state index >= 15 is 0 Å². The van der Waals surface area contributed by atoms with Gasteiger partial charge in [0, 0.05) is 13.5 Å². The highest BCUT2D eigenvalue weighted by atomic mass is 16.5. The predicted molar refractivity (Wildman–Crippen MR) is 57.2 cm³/mol. The molecular formula is C11H13NO4. The predicted octanol–water partition coefficient (Wildman–Crippen LogP) is 0.334. The Kier molecular flexibility index (Phi) is 4.47. The number of carbonyl (C=O) groups excluding carboxylic acids is 2. The number of rotatable bonds is 4. The number of hydrogen-bond acceptors (Lipinski definition) is 4. The Hall–Kier alpha value is -1.88. The number of esters is 1. The molecule has 0 saturated carbocycles. The van der Waals surface area contributed by atoms with Gasteiger partial charge in [-0.25, -0.2) is 0 Å². The average Bonchev–Trinajstić information content (AvgIpc) is 2.26. The van der Waals surface area contributed by atoms with Crippen LogP contribution in [0.25, 0.3) is 0 Å². The van der Waals surface area contributed by atoms with Crippen LogP contribution in [0.15, 0.2) is 24.3 Å². The molecule has 0 spiro atoms. The minimum atomic E-state index is -0.484. The Morgan fingerprint density at radius 3 is 2.69 bits per heavy atom. The van der Waals surface area contributed by atoms with Gasteiger partial charge in [-0.2, -0.15) is 0 Å². The first-order chi connectivity index (χ1) is 7.65. The SMILES string of the molecule is CC(=O)Oc1ccccc1C(=O)NCCO. The molecule has 0 aliphatic rings. The summed E-state index contributed by atoms with van der Waals surface area (Å²) < 4.78 is 4.88. The second-order valence-electron chi connectivity index (χ2n) is 3.07. The van der Waals surface area contributed by atoms with Crippen LogP contribution < -0.4 is 10.1 Å². The number of amides is 1. The van der Waals surface area contributed by atoms with Crippen LogP contribution in [0.1, 0.15) is 17.3 Å². The molecule has 0 atom stereocenters. The van der Waals surface area contributed by atoms with Gasteiger partial charge < -0.3 is 15.2 Å². The molecule has 0 radical (unpaired) electrons. The average molecular weight is 223 g/mol. The lowest BCUT2D eigenvalue weighted by atomic mass is 10.2. The van der Waals surface area contributed by atoms with Crippen LogP contribution in [-0.4, -0.2) is 30.1 Å². The number of hydrogen-bond donors (Lipinski definition) is 2. The zero-order chi connectivity index (χ0) is 12.0. The maximum Gasteiger partial charge on any atom is 0.308 e. The van der Waals surface area contributed by atoms with Crippen LogP contribution >= 0.6 is 0 Å². The number of aliphatic hydroxyl groups is 1. The maximum absolute atomic E-state index is 11.6. The monoisotopic (exact) mass is 223 g/mol. The maximum atomic E-state index is 11.6. The number of aliphatic hydroxyl groups excluding tert-OH is 1. The van der Waals surface area contributed by atoms with Gasteiger partial charge in [0.25, 0.3) is 5.91 Å². The van der Waals surface area contributed by atoms with Gasteiger partial charge in [-0.3, -0.25) is 9.59 Å². The molecule has 1 aromatic carbocycles. The van der Waals surface area contributed by atoms with Crippen molar-refractivity contribution < 1.29 is 19.4 Å². The van der Waals surface area contributed by atoms with Crippen molar-refractivity contribution in [2.24, 2.45) is 0 Å². The summed E-state index contributed by atoms with van der Waals surface area (Å²) in [4.78, 5) is 22.4. The fourth-order valence-corrected chi connectivity index (χ4v) is 1.16. The van der Waals surface area contributed by atoms with E-state index in [0.717, 1.165) is 0 Å². The third kappa shape index (κ3) is 3.36. The summed E-state index contributed by atoms with van der Waals surface area (Å²) in [6, 6.07) is 6.42. The molecule has 0 aliphatic heterocycles. The lowest BCUT2D eigenvalue weighted by molar-refractivity contribution is -0.131. The van der Waals surface area contributed by atoms with Gasteiger partial charge >= 0.3 is 5.97 Å². The minimum Gasteiger partial charge on any atom is -0.426 e. The van der Waals surface area contributed by atoms with Crippen molar-refractivity contribution in [2.75, 3.05) is 13.2 Å². The van der Waals surface area contributed by atoms with E-state index in [-0.39, 0.29) is 30.4 Å². The summed E-state index contributed by atoms with van der Waals surface area (Å²) in [6.07, 6.45) is 0. The van der Waals surface area contributed by atoms with Crippen molar-refractivity contribution in [3.8, 4) is 5.75 Å². The summed E-state index contributed by atoms with van der Waals surface area (Å²) in [5.41, 5.74) is 0.270. The zero-order valence-corrected chi connectivity index (χ0v) is 8.90. The Bertz CT molecular complexity index is 389. The molecule has 0 bridgehead atoms. The Labute approximate surface area is 93.0 Å². The van der Waals surface area contributed by atoms with Crippen molar-refractivity contribution in [3.05, 3.63) is 29.8 Å². The molecule has 0 saturated heterocycles. The van der Waals surface area contributed by atoms with E-state index in [0.29, 0.717) is 0 Å². The molecule has 16 heavy (non-hydrogen) atoms. The van der Waals surface area contributed by atoms with Crippen molar-refractivity contribution in [2.45, 2.75) is 6.92 Å². The van der Waals surface area contributed by atoms with Gasteiger partial charge in [0.15, 0.2) is 0 Å². The third-order valence-electron chi connectivity index (χ3n) is 1.78. The first-order valence-electron chi connectivity index (χ1n) is 4.81. The molecule has 86 valence electrons. The van der Waals surface area contributed by atoms with Crippen LogP contribution in [-0.2, 0) is 4.79 Å². The van der Waals surface area contributed by atoms with E-state index in [1.807, 2.05) is 0 Å². The van der Waals surface area contributed by atoms with Crippen molar-refractivity contribution in [1.82, 2.24) is 5.32 Å². The van der Waals surface area contributed by atoms with Crippen LogP contribution in [0.5, 0.6) is 5.75 Å². The van der Waals surface area contributed by atoms with Gasteiger partial charge in [0.1, 0.15) is 5.75 Å². The Morgan fingerprint density at radius 1 is 1.38 bits per heavy atom. The highest BCUT2D eigenvalue weighted by molar-refractivity contribution is 5.97. The van der Waals surface area contributed by atoms with Crippen LogP contribution in [0.2, 0.25) is 0 Å². The summed E-state index contributed by atoms with van der Waals surface area (Å²) in [5, 5.41) is 11.1. The van der Waals surface area contributed by atoms with Gasteiger partial charge in [-0.1, -0.05) is 12.1 Å². The second-order valence-corrected chi connectivity index (χ2v) is 3.07. The number of para-hydroxylation sites is 1. The molecular weight excluding hydrogens is 210 g/mol. The molecule has 0 fully saturated rings. The first-order valence-corrected chi connectivity index (χ1v) is 4.81. The number of nitrogens with one attached hydrogen (secondary N) is 1. The lowest BCUT2D eigenvalue weighted by Gasteiger charge is -2.08. The fraction of sp³-hybridized carbons (Fsp3) is 0.273. The van der Waals surface area contributed by atoms with E-state index in [9.17, 15) is 9.59 Å². The van der Waals surface area contributed by atoms with Crippen LogP contribution in [0.4, 0.5) is 0 Å². The highest BCUT2D eigenvalue weighted by Gasteiger charge is 2.12. The Morgan fingerprint density at radius 2 is 2.06 bits per heavy atom. The third-order valence-corrected chi connectivity index (χ3v) is 1.78. The highest BCUT2D eigenvalue weighted by Crippen LogP contribution is 2.17. The van der Waals surface area contributed by atoms with Crippen molar-refractivity contribution in [3.63, 3.8) is 0 Å². The quantitative estimate of drug-likeness (QED) is 0.570. The summed E-state index contributed by atoms with van der Waals surface area (Å²) in [6.45, 7) is 1.29. The van der Waals surface area contributed by atoms with E-state index in [1.54, 1.807) is 18.2 Å². The molecule has 1 aromatic rings. The molecule has 2 N–H and O–H groups in total. The normalized spacial score (nSPS) is 9.62. The molecule has 5 nitrogen and oxygen atoms in total. The largest absolute Gasteiger partial charge is 0.426 e. The summed E-state index contributed by atoms with van der Waals surface area (Å²) in [5.74, 6) is -0.654. The van der Waals surface area contributed by atoms with Crippen molar-refractivity contribution >= 4 is 11.9 Å². The van der Waals surface area contributed by atoms with E-state index < -0.39 is 5.97 Å². The van der Waals surface area contributed by atoms with Gasteiger partial charge in [0.2, 0.25) is 0 Å². The molecule has 0 unspecified atom stereocenters. The molecule has 0 heterocycles. The van der Waals surface area contributed by atoms with E-state index in [4.69, 9.17) is 9.84 Å². The van der Waals surface area contributed by atoms with Crippen molar-refractivity contribution in [1.29, 1.82) is 0 Å². The number of benzene rings is 1. The molecule has 5 heteroatoms. The van der Waals surface area contributed by atoms with Crippen LogP contribution in [0.3, 0.4) is 0 Å². The van der Waals surface area contributed by atoms with Gasteiger partial charge in [0.05, 0.1) is 12.2 Å². The van der Waals surface area contributed by atoms with E-state index in [2.05, 4.69) is 5.32 Å². The minimum absolute atomic E-state index is 0.137. The number of ether oxygens (including phenoxy) is 1. The molecule has 1 amide bonds. The topological polar surface area (TPSA) is 75.6 Å². The smallest absolute Gasteiger partial charge is 0.308 e.